The minimum atomic E-state index is -2.88. The highest BCUT2D eigenvalue weighted by atomic mass is 127. The van der Waals surface area contributed by atoms with E-state index in [1.807, 2.05) is 13.0 Å². The molecule has 1 aromatic rings. The molecule has 2 N–H and O–H groups in total. The highest BCUT2D eigenvalue weighted by molar-refractivity contribution is 14.0. The van der Waals surface area contributed by atoms with E-state index in [2.05, 4.69) is 58.8 Å². The standard InChI is InChI=1S/C19H32N4O2S.HI/c1-4-20-19(22-18-11-13-26(24,25)15-18)21-12-10-16(2)23(3)14-17-8-6-5-7-9-17;/h5-9,16,18H,4,10-15H2,1-3H3,(H2,20,21,22);1H. The van der Waals surface area contributed by atoms with Crippen LogP contribution in [-0.4, -0.2) is 63.0 Å². The molecular weight excluding hydrogens is 475 g/mol. The minimum Gasteiger partial charge on any atom is -0.357 e. The van der Waals surface area contributed by atoms with Crippen LogP contribution in [0.25, 0.3) is 0 Å². The fraction of sp³-hybridized carbons (Fsp3) is 0.632. The zero-order valence-corrected chi connectivity index (χ0v) is 19.7. The molecule has 0 spiro atoms. The Morgan fingerprint density at radius 2 is 2.04 bits per heavy atom. The van der Waals surface area contributed by atoms with Gasteiger partial charge in [0.15, 0.2) is 15.8 Å². The van der Waals surface area contributed by atoms with Gasteiger partial charge in [0.05, 0.1) is 11.5 Å². The molecule has 2 rings (SSSR count). The molecule has 1 aliphatic rings. The second-order valence-electron chi connectivity index (χ2n) is 7.04. The molecule has 1 heterocycles. The molecule has 27 heavy (non-hydrogen) atoms. The molecule has 8 heteroatoms. The minimum absolute atomic E-state index is 0. The van der Waals surface area contributed by atoms with E-state index < -0.39 is 9.84 Å². The molecule has 154 valence electrons. The Morgan fingerprint density at radius 1 is 1.33 bits per heavy atom. The second kappa shape index (κ2) is 11.9. The first-order valence-electron chi connectivity index (χ1n) is 9.39. The van der Waals surface area contributed by atoms with Crippen LogP contribution in [0.4, 0.5) is 0 Å². The number of halogens is 1. The number of hydrogen-bond donors (Lipinski definition) is 2. The maximum atomic E-state index is 11.6. The SMILES string of the molecule is CCNC(=NCCC(C)N(C)Cc1ccccc1)NC1CCS(=O)(=O)C1.I. The van der Waals surface area contributed by atoms with Crippen LogP contribution >= 0.6 is 24.0 Å². The average Bonchev–Trinajstić information content (AvgIpc) is 2.94. The highest BCUT2D eigenvalue weighted by Crippen LogP contribution is 2.11. The molecule has 2 atom stereocenters. The summed E-state index contributed by atoms with van der Waals surface area (Å²) in [6, 6.07) is 10.8. The van der Waals surface area contributed by atoms with Crippen LogP contribution in [-0.2, 0) is 16.4 Å². The molecule has 1 fully saturated rings. The van der Waals surface area contributed by atoms with Gasteiger partial charge in [0.2, 0.25) is 0 Å². The topological polar surface area (TPSA) is 73.8 Å². The van der Waals surface area contributed by atoms with Gasteiger partial charge in [-0.2, -0.15) is 0 Å². The Balaban J connectivity index is 0.00000364. The van der Waals surface area contributed by atoms with E-state index >= 15 is 0 Å². The van der Waals surface area contributed by atoms with Crippen LogP contribution in [0.1, 0.15) is 32.3 Å². The second-order valence-corrected chi connectivity index (χ2v) is 9.27. The summed E-state index contributed by atoms with van der Waals surface area (Å²) in [6.07, 6.45) is 1.60. The van der Waals surface area contributed by atoms with Crippen LogP contribution in [0.15, 0.2) is 35.3 Å². The van der Waals surface area contributed by atoms with Crippen molar-refractivity contribution < 1.29 is 8.42 Å². The zero-order valence-electron chi connectivity index (χ0n) is 16.5. The molecule has 0 radical (unpaired) electrons. The van der Waals surface area contributed by atoms with E-state index in [4.69, 9.17) is 0 Å². The molecule has 0 bridgehead atoms. The lowest BCUT2D eigenvalue weighted by atomic mass is 10.1. The van der Waals surface area contributed by atoms with E-state index in [-0.39, 0.29) is 41.5 Å². The third-order valence-corrected chi connectivity index (χ3v) is 6.53. The van der Waals surface area contributed by atoms with Crippen LogP contribution in [0.5, 0.6) is 0 Å². The molecule has 0 aromatic heterocycles. The first kappa shape index (κ1) is 24.2. The molecule has 0 saturated carbocycles. The predicted octanol–water partition coefficient (Wildman–Crippen LogP) is 2.26. The third-order valence-electron chi connectivity index (χ3n) is 4.76. The van der Waals surface area contributed by atoms with E-state index in [0.717, 1.165) is 19.5 Å². The summed E-state index contributed by atoms with van der Waals surface area (Å²) in [4.78, 5) is 6.96. The predicted molar refractivity (Wildman–Crippen MR) is 124 cm³/mol. The van der Waals surface area contributed by atoms with Gasteiger partial charge in [0, 0.05) is 31.7 Å². The van der Waals surface area contributed by atoms with Crippen molar-refractivity contribution in [3.05, 3.63) is 35.9 Å². The van der Waals surface area contributed by atoms with Crippen LogP contribution < -0.4 is 10.6 Å². The van der Waals surface area contributed by atoms with Crippen molar-refractivity contribution in [1.82, 2.24) is 15.5 Å². The maximum absolute atomic E-state index is 11.6. The summed E-state index contributed by atoms with van der Waals surface area (Å²) in [7, 11) is -0.750. The lowest BCUT2D eigenvalue weighted by Gasteiger charge is -2.24. The van der Waals surface area contributed by atoms with Crippen molar-refractivity contribution in [1.29, 1.82) is 0 Å². The molecule has 6 nitrogen and oxygen atoms in total. The third kappa shape index (κ3) is 8.78. The number of nitrogens with zero attached hydrogens (tertiary/aromatic N) is 2. The molecule has 1 aliphatic heterocycles. The van der Waals surface area contributed by atoms with E-state index in [9.17, 15) is 8.42 Å². The molecule has 1 saturated heterocycles. The van der Waals surface area contributed by atoms with Crippen molar-refractivity contribution in [2.45, 2.75) is 45.3 Å². The smallest absolute Gasteiger partial charge is 0.191 e. The average molecular weight is 508 g/mol. The van der Waals surface area contributed by atoms with Gasteiger partial charge in [0.25, 0.3) is 0 Å². The van der Waals surface area contributed by atoms with Crippen molar-refractivity contribution >= 4 is 39.8 Å². The summed E-state index contributed by atoms with van der Waals surface area (Å²) < 4.78 is 23.2. The summed E-state index contributed by atoms with van der Waals surface area (Å²) in [5.41, 5.74) is 1.31. The van der Waals surface area contributed by atoms with Gasteiger partial charge >= 0.3 is 0 Å². The van der Waals surface area contributed by atoms with Gasteiger partial charge in [-0.05, 0) is 39.3 Å². The van der Waals surface area contributed by atoms with E-state index in [1.165, 1.54) is 5.56 Å². The van der Waals surface area contributed by atoms with Crippen LogP contribution in [0, 0.1) is 0 Å². The fourth-order valence-electron chi connectivity index (χ4n) is 3.03. The number of aliphatic imine (C=N–C) groups is 1. The first-order valence-corrected chi connectivity index (χ1v) is 11.2. The Hall–Kier alpha value is -0.870. The van der Waals surface area contributed by atoms with Gasteiger partial charge in [-0.15, -0.1) is 24.0 Å². The lowest BCUT2D eigenvalue weighted by Crippen LogP contribution is -2.44. The molecule has 1 aromatic carbocycles. The summed E-state index contributed by atoms with van der Waals surface area (Å²) in [5, 5.41) is 6.47. The monoisotopic (exact) mass is 508 g/mol. The quantitative estimate of drug-likeness (QED) is 0.320. The molecule has 0 aliphatic carbocycles. The van der Waals surface area contributed by atoms with Gasteiger partial charge in [-0.25, -0.2) is 8.42 Å². The highest BCUT2D eigenvalue weighted by Gasteiger charge is 2.28. The Kier molecular flexibility index (Phi) is 10.6. The van der Waals surface area contributed by atoms with Gasteiger partial charge in [-0.3, -0.25) is 9.89 Å². The zero-order chi connectivity index (χ0) is 19.0. The first-order chi connectivity index (χ1) is 12.4. The summed E-state index contributed by atoms with van der Waals surface area (Å²) in [6.45, 7) is 6.61. The van der Waals surface area contributed by atoms with Crippen molar-refractivity contribution in [2.75, 3.05) is 31.6 Å². The normalized spacial score (nSPS) is 20.1. The van der Waals surface area contributed by atoms with E-state index in [0.29, 0.717) is 25.0 Å². The Bertz CT molecular complexity index is 682. The lowest BCUT2D eigenvalue weighted by molar-refractivity contribution is 0.240. The van der Waals surface area contributed by atoms with Crippen molar-refractivity contribution in [3.8, 4) is 0 Å². The Morgan fingerprint density at radius 3 is 2.63 bits per heavy atom. The van der Waals surface area contributed by atoms with Gasteiger partial charge < -0.3 is 10.6 Å². The Labute approximate surface area is 181 Å². The number of rotatable bonds is 8. The molecular formula is C19H33IN4O2S. The van der Waals surface area contributed by atoms with Crippen LogP contribution in [0.2, 0.25) is 0 Å². The van der Waals surface area contributed by atoms with Gasteiger partial charge in [0.1, 0.15) is 0 Å². The van der Waals surface area contributed by atoms with Crippen molar-refractivity contribution in [3.63, 3.8) is 0 Å². The van der Waals surface area contributed by atoms with E-state index in [1.54, 1.807) is 0 Å². The maximum Gasteiger partial charge on any atom is 0.191 e. The summed E-state index contributed by atoms with van der Waals surface area (Å²) in [5.74, 6) is 1.19. The number of hydrogen-bond acceptors (Lipinski definition) is 4. The number of benzene rings is 1. The molecule has 2 unspecified atom stereocenters. The number of nitrogens with one attached hydrogen (secondary N) is 2. The van der Waals surface area contributed by atoms with Crippen molar-refractivity contribution in [2.24, 2.45) is 4.99 Å². The van der Waals surface area contributed by atoms with Crippen LogP contribution in [0.3, 0.4) is 0 Å². The fourth-order valence-corrected chi connectivity index (χ4v) is 4.71. The molecule has 0 amide bonds. The number of sulfone groups is 1. The van der Waals surface area contributed by atoms with Gasteiger partial charge in [-0.1, -0.05) is 30.3 Å². The number of guanidine groups is 1. The summed E-state index contributed by atoms with van der Waals surface area (Å²) >= 11 is 0. The largest absolute Gasteiger partial charge is 0.357 e.